The van der Waals surface area contributed by atoms with Gasteiger partial charge < -0.3 is 15.1 Å². The number of hydrogen-bond donors (Lipinski definition) is 2. The zero-order valence-corrected chi connectivity index (χ0v) is 11.5. The second-order valence-corrected chi connectivity index (χ2v) is 4.92. The highest BCUT2D eigenvalue weighted by Crippen LogP contribution is 2.29. The van der Waals surface area contributed by atoms with E-state index in [2.05, 4.69) is 26.2 Å². The first kappa shape index (κ1) is 12.8. The molecular formula is C13H13BrN2O2. The van der Waals surface area contributed by atoms with Crippen LogP contribution in [0.15, 0.2) is 28.9 Å². The van der Waals surface area contributed by atoms with Gasteiger partial charge in [-0.05, 0) is 23.8 Å². The van der Waals surface area contributed by atoms with Gasteiger partial charge in [0.25, 0.3) is 0 Å². The van der Waals surface area contributed by atoms with Crippen molar-refractivity contribution in [1.82, 2.24) is 10.3 Å². The maximum atomic E-state index is 11.8. The quantitative estimate of drug-likeness (QED) is 0.852. The second kappa shape index (κ2) is 5.35. The summed E-state index contributed by atoms with van der Waals surface area (Å²) in [6, 6.07) is 5.81. The zero-order valence-electron chi connectivity index (χ0n) is 9.87. The fraction of sp³-hybridized carbons (Fsp3) is 0.231. The minimum absolute atomic E-state index is 0.150. The lowest BCUT2D eigenvalue weighted by atomic mass is 9.95. The van der Waals surface area contributed by atoms with Gasteiger partial charge in [-0.15, -0.1) is 0 Å². The van der Waals surface area contributed by atoms with Gasteiger partial charge in [-0.2, -0.15) is 0 Å². The van der Waals surface area contributed by atoms with Gasteiger partial charge in [0.15, 0.2) is 0 Å². The number of H-pyrrole nitrogens is 1. The van der Waals surface area contributed by atoms with E-state index in [4.69, 9.17) is 0 Å². The number of benzene rings is 1. The standard InChI is InChI=1S/C13H13BrN2O2/c1-15-13(18)9(4-5-17)11-7-16-12-3-2-8(14)6-10(11)12/h2-3,5-7,9,16H,4H2,1H3,(H,15,18). The van der Waals surface area contributed by atoms with Gasteiger partial charge in [-0.1, -0.05) is 15.9 Å². The predicted octanol–water partition coefficient (Wildman–Crippen LogP) is 2.35. The van der Waals surface area contributed by atoms with Crippen molar-refractivity contribution in [2.45, 2.75) is 12.3 Å². The molecule has 1 aromatic heterocycles. The van der Waals surface area contributed by atoms with Gasteiger partial charge in [-0.25, -0.2) is 0 Å². The lowest BCUT2D eigenvalue weighted by Gasteiger charge is -2.11. The molecule has 2 aromatic rings. The van der Waals surface area contributed by atoms with Crippen LogP contribution in [-0.2, 0) is 9.59 Å². The van der Waals surface area contributed by atoms with E-state index in [1.54, 1.807) is 13.2 Å². The Hall–Kier alpha value is -1.62. The summed E-state index contributed by atoms with van der Waals surface area (Å²) in [5, 5.41) is 3.55. The normalized spacial score (nSPS) is 12.3. The van der Waals surface area contributed by atoms with Crippen molar-refractivity contribution >= 4 is 39.0 Å². The van der Waals surface area contributed by atoms with Crippen molar-refractivity contribution < 1.29 is 9.59 Å². The van der Waals surface area contributed by atoms with E-state index >= 15 is 0 Å². The van der Waals surface area contributed by atoms with Crippen LogP contribution in [0.5, 0.6) is 0 Å². The molecule has 0 aliphatic rings. The van der Waals surface area contributed by atoms with E-state index in [0.717, 1.165) is 27.2 Å². The van der Waals surface area contributed by atoms with Crippen LogP contribution in [-0.4, -0.2) is 24.2 Å². The number of aromatic nitrogens is 1. The summed E-state index contributed by atoms with van der Waals surface area (Å²) in [6.45, 7) is 0. The molecular weight excluding hydrogens is 296 g/mol. The van der Waals surface area contributed by atoms with Gasteiger partial charge in [-0.3, -0.25) is 4.79 Å². The first-order valence-corrected chi connectivity index (χ1v) is 6.38. The molecule has 1 unspecified atom stereocenters. The second-order valence-electron chi connectivity index (χ2n) is 4.00. The summed E-state index contributed by atoms with van der Waals surface area (Å²) < 4.78 is 0.942. The number of carbonyl (C=O) groups is 2. The van der Waals surface area contributed by atoms with Crippen LogP contribution in [0.3, 0.4) is 0 Å². The Morgan fingerprint density at radius 1 is 1.56 bits per heavy atom. The zero-order chi connectivity index (χ0) is 13.1. The van der Waals surface area contributed by atoms with Crippen LogP contribution in [0.1, 0.15) is 17.9 Å². The molecule has 0 spiro atoms. The molecule has 2 rings (SSSR count). The van der Waals surface area contributed by atoms with Crippen LogP contribution < -0.4 is 5.32 Å². The molecule has 1 heterocycles. The Labute approximate surface area is 113 Å². The average molecular weight is 309 g/mol. The number of fused-ring (bicyclic) bond motifs is 1. The highest BCUT2D eigenvalue weighted by atomic mass is 79.9. The van der Waals surface area contributed by atoms with Crippen LogP contribution in [0.2, 0.25) is 0 Å². The molecule has 0 fully saturated rings. The van der Waals surface area contributed by atoms with E-state index in [-0.39, 0.29) is 12.3 Å². The fourth-order valence-corrected chi connectivity index (χ4v) is 2.41. The molecule has 0 bridgehead atoms. The lowest BCUT2D eigenvalue weighted by Crippen LogP contribution is -2.25. The number of rotatable bonds is 4. The highest BCUT2D eigenvalue weighted by molar-refractivity contribution is 9.10. The van der Waals surface area contributed by atoms with E-state index < -0.39 is 5.92 Å². The molecule has 18 heavy (non-hydrogen) atoms. The molecule has 2 N–H and O–H groups in total. The monoisotopic (exact) mass is 308 g/mol. The summed E-state index contributed by atoms with van der Waals surface area (Å²) in [5.74, 6) is -0.599. The third kappa shape index (κ3) is 2.31. The first-order chi connectivity index (χ1) is 8.67. The SMILES string of the molecule is CNC(=O)C(CC=O)c1c[nH]c2ccc(Br)cc12. The van der Waals surface area contributed by atoms with Crippen LogP contribution >= 0.6 is 15.9 Å². The van der Waals surface area contributed by atoms with Crippen molar-refractivity contribution in [3.63, 3.8) is 0 Å². The highest BCUT2D eigenvalue weighted by Gasteiger charge is 2.22. The fourth-order valence-electron chi connectivity index (χ4n) is 2.05. The lowest BCUT2D eigenvalue weighted by molar-refractivity contribution is -0.123. The third-order valence-corrected chi connectivity index (χ3v) is 3.44. The Kier molecular flexibility index (Phi) is 3.81. The van der Waals surface area contributed by atoms with Gasteiger partial charge in [0.1, 0.15) is 6.29 Å². The number of aldehydes is 1. The minimum Gasteiger partial charge on any atom is -0.361 e. The Balaban J connectivity index is 2.53. The summed E-state index contributed by atoms with van der Waals surface area (Å²) in [5.41, 5.74) is 1.80. The van der Waals surface area contributed by atoms with Crippen molar-refractivity contribution in [3.8, 4) is 0 Å². The predicted molar refractivity (Wildman–Crippen MR) is 73.5 cm³/mol. The molecule has 1 aromatic carbocycles. The van der Waals surface area contributed by atoms with Gasteiger partial charge in [0, 0.05) is 35.0 Å². The number of aromatic amines is 1. The van der Waals surface area contributed by atoms with Gasteiger partial charge in [0.05, 0.1) is 5.92 Å². The summed E-state index contributed by atoms with van der Waals surface area (Å²) in [7, 11) is 1.57. The molecule has 4 nitrogen and oxygen atoms in total. The number of carbonyl (C=O) groups excluding carboxylic acids is 2. The Morgan fingerprint density at radius 2 is 2.33 bits per heavy atom. The van der Waals surface area contributed by atoms with Crippen LogP contribution in [0.25, 0.3) is 10.9 Å². The molecule has 1 amide bonds. The topological polar surface area (TPSA) is 62.0 Å². The molecule has 1 atom stereocenters. The van der Waals surface area contributed by atoms with E-state index in [1.165, 1.54) is 0 Å². The van der Waals surface area contributed by atoms with Crippen molar-refractivity contribution in [2.75, 3.05) is 7.05 Å². The number of hydrogen-bond acceptors (Lipinski definition) is 2. The molecule has 94 valence electrons. The molecule has 0 aliphatic carbocycles. The minimum atomic E-state index is -0.449. The largest absolute Gasteiger partial charge is 0.361 e. The molecule has 0 aliphatic heterocycles. The summed E-state index contributed by atoms with van der Waals surface area (Å²) in [6.07, 6.45) is 2.75. The van der Waals surface area contributed by atoms with Gasteiger partial charge >= 0.3 is 0 Å². The first-order valence-electron chi connectivity index (χ1n) is 5.59. The van der Waals surface area contributed by atoms with Crippen molar-refractivity contribution in [2.24, 2.45) is 0 Å². The number of amides is 1. The average Bonchev–Trinajstić information content (AvgIpc) is 2.78. The van der Waals surface area contributed by atoms with Crippen LogP contribution in [0, 0.1) is 0 Å². The summed E-state index contributed by atoms with van der Waals surface area (Å²) >= 11 is 3.41. The summed E-state index contributed by atoms with van der Waals surface area (Å²) in [4.78, 5) is 25.7. The molecule has 0 saturated carbocycles. The van der Waals surface area contributed by atoms with Gasteiger partial charge in [0.2, 0.25) is 5.91 Å². The van der Waals surface area contributed by atoms with Crippen molar-refractivity contribution in [3.05, 3.63) is 34.4 Å². The maximum absolute atomic E-state index is 11.8. The number of halogens is 1. The molecule has 0 saturated heterocycles. The van der Waals surface area contributed by atoms with E-state index in [1.807, 2.05) is 18.2 Å². The van der Waals surface area contributed by atoms with Crippen molar-refractivity contribution in [1.29, 1.82) is 0 Å². The Bertz CT molecular complexity index is 592. The smallest absolute Gasteiger partial charge is 0.227 e. The third-order valence-electron chi connectivity index (χ3n) is 2.95. The van der Waals surface area contributed by atoms with Crippen LogP contribution in [0.4, 0.5) is 0 Å². The van der Waals surface area contributed by atoms with E-state index in [9.17, 15) is 9.59 Å². The molecule has 5 heteroatoms. The maximum Gasteiger partial charge on any atom is 0.227 e. The number of likely N-dealkylation sites (N-methyl/N-ethyl adjacent to an activating group) is 1. The van der Waals surface area contributed by atoms with E-state index in [0.29, 0.717) is 0 Å². The number of nitrogens with one attached hydrogen (secondary N) is 2. The molecule has 0 radical (unpaired) electrons. The Morgan fingerprint density at radius 3 is 3.00 bits per heavy atom.